The minimum absolute atomic E-state index is 0.0546. The monoisotopic (exact) mass is 191 g/mol. The van der Waals surface area contributed by atoms with E-state index in [0.717, 1.165) is 11.3 Å². The smallest absolute Gasteiger partial charge is 0.124 e. The fourth-order valence-electron chi connectivity index (χ4n) is 1.70. The standard InChI is InChI=1S/C12H17NO/c1-12(2,3)8-4-5-9-10(13)7-14-11(9)6-8/h4-6,10H,7,13H2,1-3H3/t10-/m1/s1. The number of ether oxygens (including phenoxy) is 1. The zero-order valence-electron chi connectivity index (χ0n) is 9.00. The number of hydrogen-bond donors (Lipinski definition) is 1. The molecule has 76 valence electrons. The molecule has 0 radical (unpaired) electrons. The lowest BCUT2D eigenvalue weighted by Gasteiger charge is -2.19. The van der Waals surface area contributed by atoms with Crippen molar-refractivity contribution in [3.63, 3.8) is 0 Å². The van der Waals surface area contributed by atoms with Crippen molar-refractivity contribution in [1.82, 2.24) is 0 Å². The molecule has 0 amide bonds. The molecule has 0 saturated heterocycles. The van der Waals surface area contributed by atoms with Crippen LogP contribution in [0.25, 0.3) is 0 Å². The van der Waals surface area contributed by atoms with E-state index in [0.29, 0.717) is 6.61 Å². The first-order valence-corrected chi connectivity index (χ1v) is 5.01. The highest BCUT2D eigenvalue weighted by molar-refractivity contribution is 5.44. The van der Waals surface area contributed by atoms with E-state index >= 15 is 0 Å². The third-order valence-corrected chi connectivity index (χ3v) is 2.70. The van der Waals surface area contributed by atoms with Gasteiger partial charge in [0.25, 0.3) is 0 Å². The predicted molar refractivity (Wildman–Crippen MR) is 57.6 cm³/mol. The summed E-state index contributed by atoms with van der Waals surface area (Å²) in [6, 6.07) is 6.40. The third-order valence-electron chi connectivity index (χ3n) is 2.70. The van der Waals surface area contributed by atoms with Gasteiger partial charge in [-0.05, 0) is 17.0 Å². The summed E-state index contributed by atoms with van der Waals surface area (Å²) < 4.78 is 5.52. The minimum Gasteiger partial charge on any atom is -0.491 e. The van der Waals surface area contributed by atoms with E-state index in [2.05, 4.69) is 39.0 Å². The van der Waals surface area contributed by atoms with Gasteiger partial charge in [-0.1, -0.05) is 32.9 Å². The van der Waals surface area contributed by atoms with Crippen molar-refractivity contribution in [3.8, 4) is 5.75 Å². The summed E-state index contributed by atoms with van der Waals surface area (Å²) in [4.78, 5) is 0. The molecule has 0 saturated carbocycles. The van der Waals surface area contributed by atoms with E-state index < -0.39 is 0 Å². The Bertz CT molecular complexity index is 352. The molecule has 0 bridgehead atoms. The Hall–Kier alpha value is -1.02. The largest absolute Gasteiger partial charge is 0.491 e. The summed E-state index contributed by atoms with van der Waals surface area (Å²) >= 11 is 0. The molecule has 1 aliphatic heterocycles. The summed E-state index contributed by atoms with van der Waals surface area (Å²) in [6.45, 7) is 7.21. The van der Waals surface area contributed by atoms with Gasteiger partial charge in [0.05, 0.1) is 6.04 Å². The lowest BCUT2D eigenvalue weighted by molar-refractivity contribution is 0.332. The Labute approximate surface area is 85.1 Å². The molecule has 2 nitrogen and oxygen atoms in total. The summed E-state index contributed by atoms with van der Waals surface area (Å²) in [6.07, 6.45) is 0. The van der Waals surface area contributed by atoms with E-state index in [1.165, 1.54) is 5.56 Å². The summed E-state index contributed by atoms with van der Waals surface area (Å²) in [5.74, 6) is 0.963. The second kappa shape index (κ2) is 2.99. The van der Waals surface area contributed by atoms with Crippen LogP contribution in [0.2, 0.25) is 0 Å². The topological polar surface area (TPSA) is 35.2 Å². The average molecular weight is 191 g/mol. The van der Waals surface area contributed by atoms with Crippen LogP contribution < -0.4 is 10.5 Å². The second-order valence-corrected chi connectivity index (χ2v) is 4.92. The van der Waals surface area contributed by atoms with Crippen molar-refractivity contribution in [2.24, 2.45) is 5.73 Å². The highest BCUT2D eigenvalue weighted by atomic mass is 16.5. The first-order valence-electron chi connectivity index (χ1n) is 5.01. The SMILES string of the molecule is CC(C)(C)c1ccc2c(c1)OC[C@H]2N. The lowest BCUT2D eigenvalue weighted by Crippen LogP contribution is -2.12. The van der Waals surface area contributed by atoms with E-state index in [-0.39, 0.29) is 11.5 Å². The molecule has 2 N–H and O–H groups in total. The number of fused-ring (bicyclic) bond motifs is 1. The van der Waals surface area contributed by atoms with Gasteiger partial charge in [-0.25, -0.2) is 0 Å². The Morgan fingerprint density at radius 3 is 2.71 bits per heavy atom. The van der Waals surface area contributed by atoms with Crippen LogP contribution in [0.1, 0.15) is 37.9 Å². The van der Waals surface area contributed by atoms with Crippen LogP contribution in [0, 0.1) is 0 Å². The fraction of sp³-hybridized carbons (Fsp3) is 0.500. The van der Waals surface area contributed by atoms with Gasteiger partial charge in [0, 0.05) is 5.56 Å². The Balaban J connectivity index is 2.42. The van der Waals surface area contributed by atoms with E-state index in [1.54, 1.807) is 0 Å². The normalized spacial score (nSPS) is 20.4. The molecule has 1 aromatic rings. The molecule has 0 fully saturated rings. The molecule has 1 heterocycles. The van der Waals surface area contributed by atoms with Crippen molar-refractivity contribution in [2.75, 3.05) is 6.61 Å². The number of nitrogens with two attached hydrogens (primary N) is 1. The van der Waals surface area contributed by atoms with Crippen molar-refractivity contribution < 1.29 is 4.74 Å². The van der Waals surface area contributed by atoms with Gasteiger partial charge in [0.15, 0.2) is 0 Å². The maximum Gasteiger partial charge on any atom is 0.124 e. The molecular weight excluding hydrogens is 174 g/mol. The summed E-state index contributed by atoms with van der Waals surface area (Å²) in [5, 5.41) is 0. The van der Waals surface area contributed by atoms with Crippen molar-refractivity contribution >= 4 is 0 Å². The molecule has 0 aromatic heterocycles. The van der Waals surface area contributed by atoms with Crippen LogP contribution in [-0.4, -0.2) is 6.61 Å². The molecule has 0 aliphatic carbocycles. The van der Waals surface area contributed by atoms with Crippen molar-refractivity contribution in [2.45, 2.75) is 32.2 Å². The Kier molecular flexibility index (Phi) is 2.04. The van der Waals surface area contributed by atoms with Crippen LogP contribution in [0.3, 0.4) is 0 Å². The van der Waals surface area contributed by atoms with Gasteiger partial charge >= 0.3 is 0 Å². The minimum atomic E-state index is 0.0546. The van der Waals surface area contributed by atoms with Crippen LogP contribution in [-0.2, 0) is 5.41 Å². The molecule has 2 rings (SSSR count). The van der Waals surface area contributed by atoms with E-state index in [4.69, 9.17) is 10.5 Å². The van der Waals surface area contributed by atoms with Crippen molar-refractivity contribution in [1.29, 1.82) is 0 Å². The van der Waals surface area contributed by atoms with Gasteiger partial charge in [-0.15, -0.1) is 0 Å². The average Bonchev–Trinajstić information content (AvgIpc) is 2.46. The van der Waals surface area contributed by atoms with Crippen molar-refractivity contribution in [3.05, 3.63) is 29.3 Å². The maximum absolute atomic E-state index is 5.88. The van der Waals surface area contributed by atoms with Gasteiger partial charge in [0.2, 0.25) is 0 Å². The Morgan fingerprint density at radius 2 is 2.07 bits per heavy atom. The van der Waals surface area contributed by atoms with Gasteiger partial charge in [-0.3, -0.25) is 0 Å². The molecule has 1 atom stereocenters. The van der Waals surface area contributed by atoms with E-state index in [1.807, 2.05) is 0 Å². The molecular formula is C12H17NO. The zero-order chi connectivity index (χ0) is 10.3. The van der Waals surface area contributed by atoms with Crippen LogP contribution >= 0.6 is 0 Å². The maximum atomic E-state index is 5.88. The number of hydrogen-bond acceptors (Lipinski definition) is 2. The first kappa shape index (κ1) is 9.53. The number of rotatable bonds is 0. The molecule has 0 spiro atoms. The highest BCUT2D eigenvalue weighted by Gasteiger charge is 2.23. The first-order chi connectivity index (χ1) is 6.48. The number of benzene rings is 1. The predicted octanol–water partition coefficient (Wildman–Crippen LogP) is 2.38. The quantitative estimate of drug-likeness (QED) is 0.683. The van der Waals surface area contributed by atoms with Crippen LogP contribution in [0.4, 0.5) is 0 Å². The molecule has 2 heteroatoms. The third kappa shape index (κ3) is 1.50. The summed E-state index contributed by atoms with van der Waals surface area (Å²) in [5.41, 5.74) is 8.49. The Morgan fingerprint density at radius 1 is 1.36 bits per heavy atom. The zero-order valence-corrected chi connectivity index (χ0v) is 9.00. The van der Waals surface area contributed by atoms with Gasteiger partial charge in [0.1, 0.15) is 12.4 Å². The molecule has 1 aromatic carbocycles. The van der Waals surface area contributed by atoms with Crippen LogP contribution in [0.5, 0.6) is 5.75 Å². The van der Waals surface area contributed by atoms with Gasteiger partial charge < -0.3 is 10.5 Å². The molecule has 14 heavy (non-hydrogen) atoms. The lowest BCUT2D eigenvalue weighted by atomic mass is 9.86. The van der Waals surface area contributed by atoms with Crippen LogP contribution in [0.15, 0.2) is 18.2 Å². The molecule has 1 aliphatic rings. The summed E-state index contributed by atoms with van der Waals surface area (Å²) in [7, 11) is 0. The highest BCUT2D eigenvalue weighted by Crippen LogP contribution is 2.34. The second-order valence-electron chi connectivity index (χ2n) is 4.92. The van der Waals surface area contributed by atoms with E-state index in [9.17, 15) is 0 Å². The molecule has 0 unspecified atom stereocenters. The fourth-order valence-corrected chi connectivity index (χ4v) is 1.70. The van der Waals surface area contributed by atoms with Gasteiger partial charge in [-0.2, -0.15) is 0 Å².